The Morgan fingerprint density at radius 3 is 2.16 bits per heavy atom. The first-order chi connectivity index (χ1) is 20.7. The normalized spacial score (nSPS) is 14.8. The number of imidazole rings is 1. The van der Waals surface area contributed by atoms with Crippen molar-refractivity contribution in [2.75, 3.05) is 19.7 Å². The number of nitrogens with one attached hydrogen (secondary N) is 1. The van der Waals surface area contributed by atoms with Crippen molar-refractivity contribution < 1.29 is 19.1 Å². The fraction of sp³-hybridized carbons (Fsp3) is 0.382. The fourth-order valence-electron chi connectivity index (χ4n) is 5.59. The van der Waals surface area contributed by atoms with Gasteiger partial charge in [0.2, 0.25) is 0 Å². The number of hydrogen-bond donors (Lipinski definition) is 1. The lowest BCUT2D eigenvalue weighted by molar-refractivity contribution is 0.00184. The lowest BCUT2D eigenvalue weighted by atomic mass is 10.0. The minimum Gasteiger partial charge on any atom is -0.447 e. The minimum atomic E-state index is -0.683. The van der Waals surface area contributed by atoms with Gasteiger partial charge >= 0.3 is 17.9 Å². The van der Waals surface area contributed by atoms with Crippen LogP contribution in [0.25, 0.3) is 11.0 Å². The van der Waals surface area contributed by atoms with Crippen LogP contribution in [0.4, 0.5) is 9.59 Å². The Labute approximate surface area is 252 Å². The van der Waals surface area contributed by atoms with Gasteiger partial charge in [0.15, 0.2) is 0 Å². The van der Waals surface area contributed by atoms with Crippen molar-refractivity contribution in [1.82, 2.24) is 19.4 Å². The van der Waals surface area contributed by atoms with Crippen LogP contribution in [0.15, 0.2) is 89.7 Å². The van der Waals surface area contributed by atoms with Crippen molar-refractivity contribution in [2.45, 2.75) is 64.3 Å². The summed E-state index contributed by atoms with van der Waals surface area (Å²) >= 11 is 0. The molecule has 0 aliphatic carbocycles. The maximum Gasteiger partial charge on any atom is 0.410 e. The number of piperidine rings is 1. The maximum absolute atomic E-state index is 13.5. The predicted octanol–water partition coefficient (Wildman–Crippen LogP) is 6.15. The molecule has 0 radical (unpaired) electrons. The molecule has 0 bridgehead atoms. The summed E-state index contributed by atoms with van der Waals surface area (Å²) in [6.45, 7) is 6.79. The molecule has 43 heavy (non-hydrogen) atoms. The molecule has 1 aliphatic heterocycles. The van der Waals surface area contributed by atoms with Gasteiger partial charge in [0.1, 0.15) is 12.2 Å². The van der Waals surface area contributed by atoms with Crippen molar-refractivity contribution in [2.24, 2.45) is 0 Å². The van der Waals surface area contributed by atoms with Gasteiger partial charge in [-0.1, -0.05) is 72.8 Å². The number of rotatable bonds is 8. The third-order valence-electron chi connectivity index (χ3n) is 7.69. The van der Waals surface area contributed by atoms with E-state index in [-0.39, 0.29) is 18.3 Å². The Morgan fingerprint density at radius 2 is 1.51 bits per heavy atom. The van der Waals surface area contributed by atoms with Gasteiger partial charge in [0, 0.05) is 25.7 Å². The standard InChI is InChI=1S/C34H40N4O5/c1-34(2,3)43-33(41)37(23-26-14-8-5-9-15-26)28(22-25-12-6-4-7-13-25)24-42-32(40)36-20-18-27(19-21-36)38-30-17-11-10-16-29(30)35-31(38)39/h4-17,27-28H,18-24H2,1-3H3,(H,35,39)/t28-/m1/s1. The molecule has 1 aliphatic rings. The third kappa shape index (κ3) is 7.66. The number of likely N-dealkylation sites (tertiary alicyclic amines) is 1. The van der Waals surface area contributed by atoms with E-state index in [1.54, 1.807) is 14.4 Å². The molecule has 1 N–H and O–H groups in total. The smallest absolute Gasteiger partial charge is 0.410 e. The van der Waals surface area contributed by atoms with Crippen molar-refractivity contribution >= 4 is 23.2 Å². The maximum atomic E-state index is 13.5. The molecule has 3 aromatic carbocycles. The molecule has 0 spiro atoms. The number of H-pyrrole nitrogens is 1. The summed E-state index contributed by atoms with van der Waals surface area (Å²) in [6, 6.07) is 26.8. The van der Waals surface area contributed by atoms with Crippen LogP contribution in [0.1, 0.15) is 50.8 Å². The molecule has 9 heteroatoms. The summed E-state index contributed by atoms with van der Waals surface area (Å²) in [5, 5.41) is 0. The number of nitrogens with zero attached hydrogens (tertiary/aromatic N) is 3. The molecular formula is C34H40N4O5. The van der Waals surface area contributed by atoms with Crippen molar-refractivity contribution in [1.29, 1.82) is 0 Å². The zero-order valence-corrected chi connectivity index (χ0v) is 25.1. The summed E-state index contributed by atoms with van der Waals surface area (Å²) in [5.41, 5.74) is 2.84. The monoisotopic (exact) mass is 584 g/mol. The molecular weight excluding hydrogens is 544 g/mol. The Bertz CT molecular complexity index is 1570. The lowest BCUT2D eigenvalue weighted by Gasteiger charge is -2.35. The number of para-hydroxylation sites is 2. The van der Waals surface area contributed by atoms with Crippen LogP contribution in [0.3, 0.4) is 0 Å². The number of benzene rings is 3. The van der Waals surface area contributed by atoms with Gasteiger partial charge in [-0.15, -0.1) is 0 Å². The number of carbonyl (C=O) groups excluding carboxylic acids is 2. The number of aromatic nitrogens is 2. The topological polar surface area (TPSA) is 96.9 Å². The van der Waals surface area contributed by atoms with Gasteiger partial charge in [-0.2, -0.15) is 0 Å². The molecule has 2 amide bonds. The Kier molecular flexibility index (Phi) is 9.19. The van der Waals surface area contributed by atoms with Gasteiger partial charge in [0.05, 0.1) is 17.1 Å². The van der Waals surface area contributed by atoms with Crippen molar-refractivity contribution in [3.05, 3.63) is 107 Å². The zero-order chi connectivity index (χ0) is 30.4. The molecule has 1 aromatic heterocycles. The van der Waals surface area contributed by atoms with Gasteiger partial charge in [0.25, 0.3) is 0 Å². The quantitative estimate of drug-likeness (QED) is 0.268. The summed E-state index contributed by atoms with van der Waals surface area (Å²) < 4.78 is 13.5. The number of aromatic amines is 1. The van der Waals surface area contributed by atoms with Gasteiger partial charge in [-0.05, 0) is 63.3 Å². The first-order valence-electron chi connectivity index (χ1n) is 14.9. The van der Waals surface area contributed by atoms with Crippen LogP contribution in [0, 0.1) is 0 Å². The van der Waals surface area contributed by atoms with E-state index >= 15 is 0 Å². The molecule has 0 unspecified atom stereocenters. The lowest BCUT2D eigenvalue weighted by Crippen LogP contribution is -2.47. The van der Waals surface area contributed by atoms with Crippen molar-refractivity contribution in [3.63, 3.8) is 0 Å². The molecule has 0 saturated carbocycles. The van der Waals surface area contributed by atoms with E-state index in [1.807, 2.05) is 106 Å². The molecule has 1 saturated heterocycles. The van der Waals surface area contributed by atoms with Crippen LogP contribution in [-0.4, -0.2) is 62.9 Å². The van der Waals surface area contributed by atoms with Gasteiger partial charge in [-0.3, -0.25) is 9.47 Å². The van der Waals surface area contributed by atoms with Crippen LogP contribution in [-0.2, 0) is 22.4 Å². The summed E-state index contributed by atoms with van der Waals surface area (Å²) in [7, 11) is 0. The predicted molar refractivity (Wildman–Crippen MR) is 166 cm³/mol. The largest absolute Gasteiger partial charge is 0.447 e. The average Bonchev–Trinajstić information content (AvgIpc) is 3.33. The van der Waals surface area contributed by atoms with Crippen LogP contribution in [0.5, 0.6) is 0 Å². The highest BCUT2D eigenvalue weighted by Gasteiger charge is 2.32. The van der Waals surface area contributed by atoms with Crippen molar-refractivity contribution in [3.8, 4) is 0 Å². The highest BCUT2D eigenvalue weighted by Crippen LogP contribution is 2.26. The second-order valence-electron chi connectivity index (χ2n) is 12.0. The Balaban J connectivity index is 1.29. The van der Waals surface area contributed by atoms with Crippen LogP contribution < -0.4 is 5.69 Å². The fourth-order valence-corrected chi connectivity index (χ4v) is 5.59. The number of carbonyl (C=O) groups is 2. The first-order valence-corrected chi connectivity index (χ1v) is 14.9. The summed E-state index contributed by atoms with van der Waals surface area (Å²) in [6.07, 6.45) is 0.890. The van der Waals surface area contributed by atoms with Gasteiger partial charge < -0.3 is 19.4 Å². The van der Waals surface area contributed by atoms with E-state index in [0.717, 1.165) is 22.2 Å². The van der Waals surface area contributed by atoms with Crippen LogP contribution >= 0.6 is 0 Å². The van der Waals surface area contributed by atoms with E-state index in [0.29, 0.717) is 38.9 Å². The second-order valence-corrected chi connectivity index (χ2v) is 12.0. The second kappa shape index (κ2) is 13.2. The van der Waals surface area contributed by atoms with E-state index in [9.17, 15) is 14.4 Å². The number of fused-ring (bicyclic) bond motifs is 1. The zero-order valence-electron chi connectivity index (χ0n) is 25.1. The van der Waals surface area contributed by atoms with Crippen LogP contribution in [0.2, 0.25) is 0 Å². The molecule has 1 atom stereocenters. The number of hydrogen-bond acceptors (Lipinski definition) is 5. The minimum absolute atomic E-state index is 0.00735. The molecule has 5 rings (SSSR count). The highest BCUT2D eigenvalue weighted by atomic mass is 16.6. The number of ether oxygens (including phenoxy) is 2. The Morgan fingerprint density at radius 1 is 0.907 bits per heavy atom. The van der Waals surface area contributed by atoms with E-state index < -0.39 is 23.8 Å². The van der Waals surface area contributed by atoms with Gasteiger partial charge in [-0.25, -0.2) is 14.4 Å². The molecule has 1 fully saturated rings. The molecule has 9 nitrogen and oxygen atoms in total. The van der Waals surface area contributed by atoms with E-state index in [1.165, 1.54) is 0 Å². The highest BCUT2D eigenvalue weighted by molar-refractivity contribution is 5.75. The molecule has 4 aromatic rings. The van der Waals surface area contributed by atoms with E-state index in [4.69, 9.17) is 9.47 Å². The number of amides is 2. The third-order valence-corrected chi connectivity index (χ3v) is 7.69. The Hall–Kier alpha value is -4.53. The average molecular weight is 585 g/mol. The summed E-state index contributed by atoms with van der Waals surface area (Å²) in [5.74, 6) is 0. The van der Waals surface area contributed by atoms with E-state index in [2.05, 4.69) is 4.98 Å². The molecule has 226 valence electrons. The first kappa shape index (κ1) is 29.9. The molecule has 2 heterocycles. The SMILES string of the molecule is CC(C)(C)OC(=O)N(Cc1ccccc1)[C@@H](COC(=O)N1CCC(n2c(=O)[nH]c3ccccc32)CC1)Cc1ccccc1. The summed E-state index contributed by atoms with van der Waals surface area (Å²) in [4.78, 5) is 45.8.